The number of hydrogen-bond donors (Lipinski definition) is 0. The Balaban J connectivity index is 1.78. The van der Waals surface area contributed by atoms with Crippen molar-refractivity contribution in [1.29, 1.82) is 10.5 Å². The van der Waals surface area contributed by atoms with Crippen LogP contribution in [0.15, 0.2) is 40.9 Å². The third-order valence-corrected chi connectivity index (χ3v) is 5.51. The number of fused-ring (bicyclic) bond motifs is 1. The first-order valence-electron chi connectivity index (χ1n) is 10.5. The van der Waals surface area contributed by atoms with Crippen molar-refractivity contribution in [2.24, 2.45) is 0 Å². The molecule has 0 saturated heterocycles. The normalized spacial score (nSPS) is 12.0. The Morgan fingerprint density at radius 2 is 1.61 bits per heavy atom. The van der Waals surface area contributed by atoms with Gasteiger partial charge < -0.3 is 9.09 Å². The fourth-order valence-electron chi connectivity index (χ4n) is 3.91. The number of aromatic nitrogens is 3. The third kappa shape index (κ3) is 4.62. The molecule has 0 spiro atoms. The highest BCUT2D eigenvalue weighted by molar-refractivity contribution is 5.89. The molecule has 0 amide bonds. The molecule has 0 atom stereocenters. The van der Waals surface area contributed by atoms with E-state index in [2.05, 4.69) is 10.1 Å². The van der Waals surface area contributed by atoms with E-state index < -0.39 is 34.9 Å². The monoisotopic (exact) mass is 503 g/mol. The predicted octanol–water partition coefficient (Wildman–Crippen LogP) is 6.47. The summed E-state index contributed by atoms with van der Waals surface area (Å²) in [6, 6.07) is 9.96. The van der Waals surface area contributed by atoms with Gasteiger partial charge in [0.2, 0.25) is 0 Å². The summed E-state index contributed by atoms with van der Waals surface area (Å²) in [7, 11) is 0. The zero-order valence-corrected chi connectivity index (χ0v) is 18.5. The van der Waals surface area contributed by atoms with Crippen LogP contribution in [-0.2, 0) is 25.3 Å². The van der Waals surface area contributed by atoms with Gasteiger partial charge in [-0.05, 0) is 42.8 Å². The number of nitrogens with zero attached hydrogens (tertiary/aromatic N) is 5. The van der Waals surface area contributed by atoms with E-state index in [1.165, 1.54) is 6.07 Å². The molecule has 0 unspecified atom stereocenters. The van der Waals surface area contributed by atoms with Crippen LogP contribution in [0.25, 0.3) is 22.4 Å². The fraction of sp³-hybridized carbons (Fsp3) is 0.250. The number of nitriles is 2. The number of aryl methyl sites for hydroxylation is 1. The van der Waals surface area contributed by atoms with E-state index in [0.717, 1.165) is 12.1 Å². The SMILES string of the molecule is CCCc1cc2c(C#N)c(C#N)ccc2n1Cc1noc(-c2cc(C(F)(F)F)cc(C(F)(F)F)c2)n1. The summed E-state index contributed by atoms with van der Waals surface area (Å²) >= 11 is 0. The summed E-state index contributed by atoms with van der Waals surface area (Å²) in [4.78, 5) is 4.04. The lowest BCUT2D eigenvalue weighted by molar-refractivity contribution is -0.143. The summed E-state index contributed by atoms with van der Waals surface area (Å²) in [5, 5.41) is 23.1. The van der Waals surface area contributed by atoms with Crippen LogP contribution in [0.1, 0.15) is 47.1 Å². The maximum atomic E-state index is 13.2. The van der Waals surface area contributed by atoms with Crippen molar-refractivity contribution in [2.75, 3.05) is 0 Å². The Labute approximate surface area is 200 Å². The Hall–Kier alpha value is -4.32. The molecule has 0 fully saturated rings. The van der Waals surface area contributed by atoms with Crippen LogP contribution in [0, 0.1) is 22.7 Å². The van der Waals surface area contributed by atoms with Crippen molar-refractivity contribution < 1.29 is 30.9 Å². The van der Waals surface area contributed by atoms with Crippen molar-refractivity contribution >= 4 is 10.9 Å². The van der Waals surface area contributed by atoms with E-state index in [4.69, 9.17) is 4.52 Å². The van der Waals surface area contributed by atoms with Crippen LogP contribution in [0.3, 0.4) is 0 Å². The van der Waals surface area contributed by atoms with Gasteiger partial charge in [0.15, 0.2) is 5.82 Å². The van der Waals surface area contributed by atoms with E-state index in [9.17, 15) is 36.9 Å². The molecule has 4 rings (SSSR count). The lowest BCUT2D eigenvalue weighted by Crippen LogP contribution is -2.11. The summed E-state index contributed by atoms with van der Waals surface area (Å²) in [5.41, 5.74) is -1.73. The van der Waals surface area contributed by atoms with Gasteiger partial charge in [-0.2, -0.15) is 41.9 Å². The lowest BCUT2D eigenvalue weighted by Gasteiger charge is -2.12. The molecule has 12 heteroatoms. The standard InChI is InChI=1S/C24H15F6N5O/c1-2-3-17-9-18-19(11-32)13(10-31)4-5-20(18)35(17)12-21-33-22(36-34-21)14-6-15(23(25,26)27)8-16(7-14)24(28,29)30/h4-9H,2-3,12H2,1H3. The first-order valence-corrected chi connectivity index (χ1v) is 10.5. The van der Waals surface area contributed by atoms with Gasteiger partial charge in [0.1, 0.15) is 12.1 Å². The second-order valence-corrected chi connectivity index (χ2v) is 7.93. The zero-order chi connectivity index (χ0) is 26.3. The Kier molecular flexibility index (Phi) is 6.23. The second kappa shape index (κ2) is 9.04. The molecule has 2 aromatic carbocycles. The molecule has 0 bridgehead atoms. The zero-order valence-electron chi connectivity index (χ0n) is 18.5. The van der Waals surface area contributed by atoms with E-state index in [-0.39, 0.29) is 29.6 Å². The number of benzene rings is 2. The molecule has 184 valence electrons. The maximum Gasteiger partial charge on any atom is 0.416 e. The molecule has 0 radical (unpaired) electrons. The smallest absolute Gasteiger partial charge is 0.337 e. The average molecular weight is 503 g/mol. The van der Waals surface area contributed by atoms with Crippen LogP contribution in [0.2, 0.25) is 0 Å². The average Bonchev–Trinajstić information content (AvgIpc) is 3.42. The molecule has 36 heavy (non-hydrogen) atoms. The van der Waals surface area contributed by atoms with Gasteiger partial charge in [0.05, 0.1) is 34.3 Å². The van der Waals surface area contributed by atoms with Crippen LogP contribution in [0.4, 0.5) is 26.3 Å². The first-order chi connectivity index (χ1) is 17.0. The van der Waals surface area contributed by atoms with Crippen molar-refractivity contribution in [1.82, 2.24) is 14.7 Å². The van der Waals surface area contributed by atoms with Gasteiger partial charge in [-0.1, -0.05) is 18.5 Å². The highest BCUT2D eigenvalue weighted by Gasteiger charge is 2.37. The van der Waals surface area contributed by atoms with Gasteiger partial charge in [0, 0.05) is 16.6 Å². The molecule has 0 aliphatic carbocycles. The minimum atomic E-state index is -5.02. The van der Waals surface area contributed by atoms with Crippen LogP contribution < -0.4 is 0 Å². The lowest BCUT2D eigenvalue weighted by atomic mass is 10.0. The summed E-state index contributed by atoms with van der Waals surface area (Å²) in [5.74, 6) is -0.492. The Morgan fingerprint density at radius 3 is 2.17 bits per heavy atom. The number of rotatable bonds is 5. The minimum absolute atomic E-state index is 0.00805. The van der Waals surface area contributed by atoms with Gasteiger partial charge in [-0.25, -0.2) is 0 Å². The van der Waals surface area contributed by atoms with Gasteiger partial charge in [-0.15, -0.1) is 0 Å². The molecule has 0 aliphatic heterocycles. The summed E-state index contributed by atoms with van der Waals surface area (Å²) < 4.78 is 86.0. The third-order valence-electron chi connectivity index (χ3n) is 5.51. The Morgan fingerprint density at radius 1 is 0.944 bits per heavy atom. The molecular formula is C24H15F6N5O. The van der Waals surface area contributed by atoms with Crippen molar-refractivity contribution in [2.45, 2.75) is 38.7 Å². The number of halogens is 6. The van der Waals surface area contributed by atoms with E-state index in [1.54, 1.807) is 16.7 Å². The largest absolute Gasteiger partial charge is 0.416 e. The van der Waals surface area contributed by atoms with E-state index in [0.29, 0.717) is 29.5 Å². The molecule has 0 saturated carbocycles. The first kappa shape index (κ1) is 24.8. The molecule has 6 nitrogen and oxygen atoms in total. The summed E-state index contributed by atoms with van der Waals surface area (Å²) in [6.45, 7) is 1.91. The maximum absolute atomic E-state index is 13.2. The molecule has 0 aliphatic rings. The molecule has 2 aromatic heterocycles. The predicted molar refractivity (Wildman–Crippen MR) is 114 cm³/mol. The van der Waals surface area contributed by atoms with Crippen LogP contribution in [-0.4, -0.2) is 14.7 Å². The van der Waals surface area contributed by atoms with Crippen molar-refractivity contribution in [3.8, 4) is 23.6 Å². The van der Waals surface area contributed by atoms with E-state index >= 15 is 0 Å². The fourth-order valence-corrected chi connectivity index (χ4v) is 3.91. The van der Waals surface area contributed by atoms with Crippen LogP contribution >= 0.6 is 0 Å². The quantitative estimate of drug-likeness (QED) is 0.291. The highest BCUT2D eigenvalue weighted by atomic mass is 19.4. The van der Waals surface area contributed by atoms with Gasteiger partial charge >= 0.3 is 12.4 Å². The minimum Gasteiger partial charge on any atom is -0.337 e. The van der Waals surface area contributed by atoms with Gasteiger partial charge in [0.25, 0.3) is 5.89 Å². The molecule has 2 heterocycles. The molecule has 4 aromatic rings. The van der Waals surface area contributed by atoms with Gasteiger partial charge in [-0.3, -0.25) is 0 Å². The second-order valence-electron chi connectivity index (χ2n) is 7.93. The Bertz CT molecular complexity index is 1500. The highest BCUT2D eigenvalue weighted by Crippen LogP contribution is 2.38. The van der Waals surface area contributed by atoms with Crippen molar-refractivity contribution in [3.63, 3.8) is 0 Å². The topological polar surface area (TPSA) is 91.4 Å². The molecule has 0 N–H and O–H groups in total. The molecular weight excluding hydrogens is 488 g/mol. The van der Waals surface area contributed by atoms with Crippen LogP contribution in [0.5, 0.6) is 0 Å². The summed E-state index contributed by atoms with van der Waals surface area (Å²) in [6.07, 6.45) is -8.70. The number of hydrogen-bond acceptors (Lipinski definition) is 5. The van der Waals surface area contributed by atoms with E-state index in [1.807, 2.05) is 19.1 Å². The number of alkyl halides is 6. The van der Waals surface area contributed by atoms with Crippen molar-refractivity contribution in [3.05, 3.63) is 70.2 Å².